The summed E-state index contributed by atoms with van der Waals surface area (Å²) >= 11 is 0. The number of nitrogens with zero attached hydrogens (tertiary/aromatic N) is 1. The molecule has 0 aromatic carbocycles. The molecule has 0 aromatic rings. The summed E-state index contributed by atoms with van der Waals surface area (Å²) in [7, 11) is -1.97. The molecule has 132 valence electrons. The maximum absolute atomic E-state index is 12.0. The van der Waals surface area contributed by atoms with Crippen molar-refractivity contribution < 1.29 is 14.0 Å². The summed E-state index contributed by atoms with van der Waals surface area (Å²) in [4.78, 5) is 25.5. The first-order valence-corrected chi connectivity index (χ1v) is 11.3. The summed E-state index contributed by atoms with van der Waals surface area (Å²) in [5.74, 6) is -0.249. The molecule has 0 unspecified atom stereocenters. The summed E-state index contributed by atoms with van der Waals surface area (Å²) in [6, 6.07) is -0.438. The van der Waals surface area contributed by atoms with Crippen molar-refractivity contribution in [3.05, 3.63) is 0 Å². The SMILES string of the molecule is C[C@@H](O[Si](C)(C)C(C)(C)C)[C@@H](C(N)=O)N1CC2(CCC(=O)N2)C1. The van der Waals surface area contributed by atoms with E-state index in [0.717, 1.165) is 6.42 Å². The second kappa shape index (κ2) is 5.86. The number of nitrogens with one attached hydrogen (secondary N) is 1. The van der Waals surface area contributed by atoms with Gasteiger partial charge in [0.25, 0.3) is 0 Å². The van der Waals surface area contributed by atoms with Crippen molar-refractivity contribution >= 4 is 20.1 Å². The van der Waals surface area contributed by atoms with Gasteiger partial charge in [-0.05, 0) is 31.5 Å². The third-order valence-electron chi connectivity index (χ3n) is 5.66. The van der Waals surface area contributed by atoms with Crippen LogP contribution in [-0.4, -0.2) is 55.8 Å². The highest BCUT2D eigenvalue weighted by Crippen LogP contribution is 2.39. The summed E-state index contributed by atoms with van der Waals surface area (Å²) in [6.45, 7) is 14.2. The van der Waals surface area contributed by atoms with E-state index in [0.29, 0.717) is 19.5 Å². The number of primary amides is 1. The lowest BCUT2D eigenvalue weighted by Gasteiger charge is -2.52. The molecule has 2 amide bonds. The number of amides is 2. The van der Waals surface area contributed by atoms with Crippen molar-refractivity contribution in [1.82, 2.24) is 10.2 Å². The van der Waals surface area contributed by atoms with Crippen LogP contribution in [0.5, 0.6) is 0 Å². The van der Waals surface area contributed by atoms with Crippen LogP contribution in [0.4, 0.5) is 0 Å². The molecule has 2 saturated heterocycles. The molecule has 2 rings (SSSR count). The summed E-state index contributed by atoms with van der Waals surface area (Å²) in [6.07, 6.45) is 1.17. The van der Waals surface area contributed by atoms with E-state index in [9.17, 15) is 9.59 Å². The van der Waals surface area contributed by atoms with Crippen LogP contribution in [0.3, 0.4) is 0 Å². The van der Waals surface area contributed by atoms with Gasteiger partial charge in [-0.1, -0.05) is 20.8 Å². The van der Waals surface area contributed by atoms with Gasteiger partial charge in [0, 0.05) is 19.5 Å². The van der Waals surface area contributed by atoms with Gasteiger partial charge in [-0.3, -0.25) is 14.5 Å². The molecule has 2 fully saturated rings. The Hall–Kier alpha value is -0.923. The van der Waals surface area contributed by atoms with Gasteiger partial charge < -0.3 is 15.5 Å². The highest BCUT2D eigenvalue weighted by Gasteiger charge is 2.52. The molecule has 0 aromatic heterocycles. The molecule has 3 N–H and O–H groups in total. The number of hydrogen-bond donors (Lipinski definition) is 2. The fourth-order valence-corrected chi connectivity index (χ4v) is 4.76. The lowest BCUT2D eigenvalue weighted by Crippen LogP contribution is -2.72. The van der Waals surface area contributed by atoms with Crippen molar-refractivity contribution in [2.24, 2.45) is 5.73 Å². The lowest BCUT2D eigenvalue weighted by molar-refractivity contribution is -0.132. The molecule has 2 heterocycles. The molecular formula is C16H31N3O3Si. The number of carbonyl (C=O) groups excluding carboxylic acids is 2. The Labute approximate surface area is 140 Å². The Bertz CT molecular complexity index is 495. The van der Waals surface area contributed by atoms with Crippen LogP contribution in [0.15, 0.2) is 0 Å². The highest BCUT2D eigenvalue weighted by atomic mass is 28.4. The Morgan fingerprint density at radius 1 is 1.39 bits per heavy atom. The van der Waals surface area contributed by atoms with Crippen molar-refractivity contribution in [2.45, 2.75) is 76.4 Å². The fourth-order valence-electron chi connectivity index (χ4n) is 3.35. The van der Waals surface area contributed by atoms with E-state index in [2.05, 4.69) is 39.2 Å². The van der Waals surface area contributed by atoms with Crippen LogP contribution in [0.1, 0.15) is 40.5 Å². The van der Waals surface area contributed by atoms with E-state index >= 15 is 0 Å². The average molecular weight is 342 g/mol. The molecule has 23 heavy (non-hydrogen) atoms. The predicted molar refractivity (Wildman–Crippen MR) is 92.4 cm³/mol. The number of rotatable bonds is 5. The first kappa shape index (κ1) is 18.4. The second-order valence-electron chi connectivity index (χ2n) is 8.66. The largest absolute Gasteiger partial charge is 0.412 e. The minimum absolute atomic E-state index is 0.0824. The van der Waals surface area contributed by atoms with Gasteiger partial charge in [0.15, 0.2) is 8.32 Å². The molecule has 2 aliphatic heterocycles. The standard InChI is InChI=1S/C16H31N3O3Si/c1-11(22-23(5,6)15(2,3)4)13(14(17)21)19-9-16(10-19)8-7-12(20)18-16/h11,13H,7-10H2,1-6H3,(H2,17,21)(H,18,20)/t11-,13+/m1/s1. The number of hydrogen-bond acceptors (Lipinski definition) is 4. The Morgan fingerprint density at radius 3 is 2.35 bits per heavy atom. The maximum atomic E-state index is 12.0. The van der Waals surface area contributed by atoms with Gasteiger partial charge >= 0.3 is 0 Å². The summed E-state index contributed by atoms with van der Waals surface area (Å²) in [5.41, 5.74) is 5.51. The van der Waals surface area contributed by atoms with E-state index < -0.39 is 14.4 Å². The minimum Gasteiger partial charge on any atom is -0.412 e. The Kier molecular flexibility index (Phi) is 4.69. The van der Waals surface area contributed by atoms with E-state index in [1.54, 1.807) is 0 Å². The summed E-state index contributed by atoms with van der Waals surface area (Å²) in [5, 5.41) is 3.12. The molecule has 7 heteroatoms. The van der Waals surface area contributed by atoms with E-state index in [-0.39, 0.29) is 28.5 Å². The van der Waals surface area contributed by atoms with Crippen LogP contribution >= 0.6 is 0 Å². The molecule has 1 spiro atoms. The normalized spacial score (nSPS) is 24.2. The van der Waals surface area contributed by atoms with Crippen molar-refractivity contribution in [3.8, 4) is 0 Å². The predicted octanol–water partition coefficient (Wildman–Crippen LogP) is 1.22. The second-order valence-corrected chi connectivity index (χ2v) is 13.4. The first-order valence-electron chi connectivity index (χ1n) is 8.39. The zero-order valence-electron chi connectivity index (χ0n) is 15.2. The topological polar surface area (TPSA) is 84.7 Å². The molecule has 2 aliphatic rings. The zero-order valence-corrected chi connectivity index (χ0v) is 16.2. The smallest absolute Gasteiger partial charge is 0.237 e. The van der Waals surface area contributed by atoms with Gasteiger partial charge in [-0.2, -0.15) is 0 Å². The monoisotopic (exact) mass is 341 g/mol. The van der Waals surface area contributed by atoms with Crippen LogP contribution in [0, 0.1) is 0 Å². The first-order chi connectivity index (χ1) is 10.4. The molecule has 0 bridgehead atoms. The van der Waals surface area contributed by atoms with E-state index in [1.807, 2.05) is 11.8 Å². The molecule has 0 aliphatic carbocycles. The molecular weight excluding hydrogens is 310 g/mol. The van der Waals surface area contributed by atoms with E-state index in [4.69, 9.17) is 10.2 Å². The molecule has 0 radical (unpaired) electrons. The number of likely N-dealkylation sites (tertiary alicyclic amines) is 1. The average Bonchev–Trinajstić information content (AvgIpc) is 2.68. The van der Waals surface area contributed by atoms with Crippen LogP contribution in [-0.2, 0) is 14.0 Å². The third kappa shape index (κ3) is 3.61. The van der Waals surface area contributed by atoms with Crippen LogP contribution < -0.4 is 11.1 Å². The van der Waals surface area contributed by atoms with E-state index in [1.165, 1.54) is 0 Å². The number of nitrogens with two attached hydrogens (primary N) is 1. The van der Waals surface area contributed by atoms with Gasteiger partial charge in [-0.15, -0.1) is 0 Å². The zero-order chi connectivity index (χ0) is 17.6. The molecule has 6 nitrogen and oxygen atoms in total. The molecule has 0 saturated carbocycles. The Balaban J connectivity index is 2.03. The quantitative estimate of drug-likeness (QED) is 0.736. The lowest BCUT2D eigenvalue weighted by atomic mass is 9.86. The van der Waals surface area contributed by atoms with Crippen molar-refractivity contribution in [1.29, 1.82) is 0 Å². The maximum Gasteiger partial charge on any atom is 0.237 e. The van der Waals surface area contributed by atoms with Gasteiger partial charge in [0.1, 0.15) is 6.04 Å². The fraction of sp³-hybridized carbons (Fsp3) is 0.875. The number of carbonyl (C=O) groups is 2. The molecule has 2 atom stereocenters. The van der Waals surface area contributed by atoms with Gasteiger partial charge in [-0.25, -0.2) is 0 Å². The van der Waals surface area contributed by atoms with Crippen LogP contribution in [0.25, 0.3) is 0 Å². The van der Waals surface area contributed by atoms with Crippen molar-refractivity contribution in [3.63, 3.8) is 0 Å². The van der Waals surface area contributed by atoms with Gasteiger partial charge in [0.2, 0.25) is 11.8 Å². The third-order valence-corrected chi connectivity index (χ3v) is 10.2. The Morgan fingerprint density at radius 2 is 1.96 bits per heavy atom. The summed E-state index contributed by atoms with van der Waals surface area (Å²) < 4.78 is 6.36. The highest BCUT2D eigenvalue weighted by molar-refractivity contribution is 6.74. The minimum atomic E-state index is -1.97. The van der Waals surface area contributed by atoms with Gasteiger partial charge in [0.05, 0.1) is 11.6 Å². The van der Waals surface area contributed by atoms with Crippen molar-refractivity contribution in [2.75, 3.05) is 13.1 Å². The van der Waals surface area contributed by atoms with Crippen LogP contribution in [0.2, 0.25) is 18.1 Å².